The number of rotatable bonds is 7. The predicted molar refractivity (Wildman–Crippen MR) is 152 cm³/mol. The van der Waals surface area contributed by atoms with Crippen molar-refractivity contribution in [1.29, 1.82) is 0 Å². The molecule has 4 aromatic rings. The zero-order valence-electron chi connectivity index (χ0n) is 21.8. The number of carboxylic acid groups (broad SMARTS) is 1. The summed E-state index contributed by atoms with van der Waals surface area (Å²) in [5.41, 5.74) is 5.59. The van der Waals surface area contributed by atoms with Crippen molar-refractivity contribution in [3.05, 3.63) is 107 Å². The van der Waals surface area contributed by atoms with Gasteiger partial charge in [0.1, 0.15) is 5.75 Å². The molecule has 1 aliphatic rings. The molecular weight excluding hydrogens is 496 g/mol. The summed E-state index contributed by atoms with van der Waals surface area (Å²) in [4.78, 5) is 18.8. The van der Waals surface area contributed by atoms with Crippen LogP contribution in [0.4, 0.5) is 5.69 Å². The quantitative estimate of drug-likeness (QED) is 0.280. The monoisotopic (exact) mass is 526 g/mol. The molecule has 194 valence electrons. The minimum Gasteiger partial charge on any atom is -0.491 e. The average Bonchev–Trinajstić information content (AvgIpc) is 3.39. The normalized spacial score (nSPS) is 17.1. The van der Waals surface area contributed by atoms with E-state index in [1.54, 1.807) is 18.3 Å². The number of aromatic carboxylic acids is 1. The van der Waals surface area contributed by atoms with Crippen LogP contribution in [0, 0.1) is 13.8 Å². The molecule has 0 radical (unpaired) electrons. The average molecular weight is 527 g/mol. The number of pyridine rings is 1. The van der Waals surface area contributed by atoms with Gasteiger partial charge in [-0.1, -0.05) is 18.2 Å². The van der Waals surface area contributed by atoms with Gasteiger partial charge < -0.3 is 24.6 Å². The van der Waals surface area contributed by atoms with E-state index < -0.39 is 5.97 Å². The fraction of sp³-hybridized carbons (Fsp3) is 0.233. The molecule has 38 heavy (non-hydrogen) atoms. The Hall–Kier alpha value is -4.17. The van der Waals surface area contributed by atoms with E-state index >= 15 is 0 Å². The first-order valence-corrected chi connectivity index (χ1v) is 13.0. The van der Waals surface area contributed by atoms with Gasteiger partial charge in [0.15, 0.2) is 5.11 Å². The van der Waals surface area contributed by atoms with Gasteiger partial charge in [0, 0.05) is 23.3 Å². The Morgan fingerprint density at radius 2 is 1.76 bits per heavy atom. The second-order valence-corrected chi connectivity index (χ2v) is 10.0. The van der Waals surface area contributed by atoms with Crippen LogP contribution < -0.4 is 15.0 Å². The van der Waals surface area contributed by atoms with Crippen LogP contribution in [-0.2, 0) is 0 Å². The summed E-state index contributed by atoms with van der Waals surface area (Å²) in [7, 11) is 0. The molecule has 0 bridgehead atoms. The lowest BCUT2D eigenvalue weighted by molar-refractivity contribution is 0.0697. The minimum atomic E-state index is -0.963. The minimum absolute atomic E-state index is 0.0794. The lowest BCUT2D eigenvalue weighted by Crippen LogP contribution is -2.29. The van der Waals surface area contributed by atoms with E-state index in [1.807, 2.05) is 86.9 Å². The molecule has 2 N–H and O–H groups in total. The number of hydrogen-bond acceptors (Lipinski definition) is 4. The number of carboxylic acids is 1. The zero-order chi connectivity index (χ0) is 27.0. The Morgan fingerprint density at radius 3 is 2.42 bits per heavy atom. The van der Waals surface area contributed by atoms with Crippen molar-refractivity contribution in [1.82, 2.24) is 14.9 Å². The highest BCUT2D eigenvalue weighted by Gasteiger charge is 2.42. The molecule has 1 fully saturated rings. The van der Waals surface area contributed by atoms with Crippen molar-refractivity contribution in [3.63, 3.8) is 0 Å². The van der Waals surface area contributed by atoms with Gasteiger partial charge in [-0.05, 0) is 100 Å². The smallest absolute Gasteiger partial charge is 0.337 e. The molecule has 0 saturated carbocycles. The lowest BCUT2D eigenvalue weighted by Gasteiger charge is -2.28. The van der Waals surface area contributed by atoms with E-state index in [4.69, 9.17) is 17.0 Å². The predicted octanol–water partition coefficient (Wildman–Crippen LogP) is 6.15. The topological polar surface area (TPSA) is 79.6 Å². The summed E-state index contributed by atoms with van der Waals surface area (Å²) >= 11 is 5.88. The van der Waals surface area contributed by atoms with Gasteiger partial charge in [-0.3, -0.25) is 4.98 Å². The van der Waals surface area contributed by atoms with E-state index in [0.717, 1.165) is 34.1 Å². The number of hydrogen-bond donors (Lipinski definition) is 2. The SMILES string of the molecule is Cc1cc([C@@H]2[C@@H](c3ccccn3)NC(=S)N2c2ccc(OC(C)C)cc2)c(C)n1-c1ccccc1C(=O)O. The maximum absolute atomic E-state index is 12.0. The first kappa shape index (κ1) is 25.5. The first-order valence-electron chi connectivity index (χ1n) is 12.5. The number of nitrogens with one attached hydrogen (secondary N) is 1. The summed E-state index contributed by atoms with van der Waals surface area (Å²) in [5.74, 6) is -0.168. The van der Waals surface area contributed by atoms with E-state index in [0.29, 0.717) is 10.8 Å². The molecule has 3 heterocycles. The Morgan fingerprint density at radius 1 is 1.05 bits per heavy atom. The van der Waals surface area contributed by atoms with E-state index in [9.17, 15) is 9.90 Å². The second kappa shape index (κ2) is 10.3. The third-order valence-electron chi connectivity index (χ3n) is 6.75. The van der Waals surface area contributed by atoms with Crippen molar-refractivity contribution in [2.45, 2.75) is 45.9 Å². The van der Waals surface area contributed by atoms with Gasteiger partial charge >= 0.3 is 5.97 Å². The summed E-state index contributed by atoms with van der Waals surface area (Å²) in [6, 6.07) is 22.6. The number of anilines is 1. The molecular formula is C30H30N4O3S. The van der Waals surface area contributed by atoms with Gasteiger partial charge in [0.25, 0.3) is 0 Å². The van der Waals surface area contributed by atoms with Gasteiger partial charge in [0.2, 0.25) is 0 Å². The molecule has 5 rings (SSSR count). The van der Waals surface area contributed by atoms with Crippen LogP contribution in [0.3, 0.4) is 0 Å². The summed E-state index contributed by atoms with van der Waals surface area (Å²) in [6.07, 6.45) is 1.86. The number of benzene rings is 2. The Labute approximate surface area is 227 Å². The molecule has 7 nitrogen and oxygen atoms in total. The van der Waals surface area contributed by atoms with Crippen LogP contribution >= 0.6 is 12.2 Å². The molecule has 1 saturated heterocycles. The van der Waals surface area contributed by atoms with Crippen LogP contribution in [0.25, 0.3) is 5.69 Å². The third kappa shape index (κ3) is 4.63. The van der Waals surface area contributed by atoms with Gasteiger partial charge in [-0.15, -0.1) is 0 Å². The molecule has 0 aliphatic carbocycles. The van der Waals surface area contributed by atoms with Crippen LogP contribution in [0.5, 0.6) is 5.75 Å². The van der Waals surface area contributed by atoms with Crippen LogP contribution in [0.2, 0.25) is 0 Å². The summed E-state index contributed by atoms with van der Waals surface area (Å²) in [6.45, 7) is 8.02. The number of para-hydroxylation sites is 1. The van der Waals surface area contributed by atoms with Crippen molar-refractivity contribution in [2.75, 3.05) is 4.90 Å². The lowest BCUT2D eigenvalue weighted by atomic mass is 9.96. The highest BCUT2D eigenvalue weighted by molar-refractivity contribution is 7.80. The Bertz CT molecular complexity index is 1480. The number of ether oxygens (including phenoxy) is 1. The molecule has 2 atom stereocenters. The van der Waals surface area contributed by atoms with Crippen molar-refractivity contribution in [2.24, 2.45) is 0 Å². The molecule has 2 aromatic heterocycles. The fourth-order valence-electron chi connectivity index (χ4n) is 5.21. The fourth-order valence-corrected chi connectivity index (χ4v) is 5.56. The molecule has 0 spiro atoms. The maximum Gasteiger partial charge on any atom is 0.337 e. The number of nitrogens with zero attached hydrogens (tertiary/aromatic N) is 3. The van der Waals surface area contributed by atoms with Gasteiger partial charge in [-0.2, -0.15) is 0 Å². The second-order valence-electron chi connectivity index (χ2n) is 9.64. The Kier molecular flexibility index (Phi) is 6.91. The third-order valence-corrected chi connectivity index (χ3v) is 7.06. The zero-order valence-corrected chi connectivity index (χ0v) is 22.6. The van der Waals surface area contributed by atoms with Crippen molar-refractivity contribution < 1.29 is 14.6 Å². The summed E-state index contributed by atoms with van der Waals surface area (Å²) in [5, 5.41) is 13.9. The van der Waals surface area contributed by atoms with Crippen molar-refractivity contribution in [3.8, 4) is 11.4 Å². The molecule has 1 aliphatic heterocycles. The number of thiocarbonyl (C=S) groups is 1. The summed E-state index contributed by atoms with van der Waals surface area (Å²) < 4.78 is 7.86. The standard InChI is InChI=1S/C30H30N4O3S/c1-18(2)37-22-14-12-21(13-15-22)34-28(27(32-30(34)38)25-10-7-8-16-31-25)24-17-19(3)33(20(24)4)26-11-6-5-9-23(26)29(35)36/h5-18,27-28H,1-4H3,(H,32,38)(H,35,36)/t27-,28-/m1/s1. The molecule has 8 heteroatoms. The van der Waals surface area contributed by atoms with E-state index in [-0.39, 0.29) is 23.8 Å². The number of aromatic nitrogens is 2. The van der Waals surface area contributed by atoms with Gasteiger partial charge in [-0.25, -0.2) is 4.79 Å². The number of carbonyl (C=O) groups is 1. The van der Waals surface area contributed by atoms with Crippen LogP contribution in [0.1, 0.15) is 58.9 Å². The van der Waals surface area contributed by atoms with Crippen molar-refractivity contribution >= 4 is 29.0 Å². The van der Waals surface area contributed by atoms with Crippen LogP contribution in [-0.4, -0.2) is 31.8 Å². The van der Waals surface area contributed by atoms with Crippen LogP contribution in [0.15, 0.2) is 79.0 Å². The maximum atomic E-state index is 12.0. The van der Waals surface area contributed by atoms with E-state index in [1.165, 1.54) is 0 Å². The number of aryl methyl sites for hydroxylation is 1. The first-order chi connectivity index (χ1) is 18.3. The highest BCUT2D eigenvalue weighted by atomic mass is 32.1. The Balaban J connectivity index is 1.65. The van der Waals surface area contributed by atoms with Gasteiger partial charge in [0.05, 0.1) is 35.1 Å². The molecule has 0 unspecified atom stereocenters. The molecule has 2 aromatic carbocycles. The highest BCUT2D eigenvalue weighted by Crippen LogP contribution is 2.44. The molecule has 0 amide bonds. The van der Waals surface area contributed by atoms with E-state index in [2.05, 4.69) is 21.3 Å². The largest absolute Gasteiger partial charge is 0.491 e.